The quantitative estimate of drug-likeness (QED) is 0.845. The highest BCUT2D eigenvalue weighted by Gasteiger charge is 2.12. The van der Waals surface area contributed by atoms with Gasteiger partial charge in [-0.15, -0.1) is 0 Å². The van der Waals surface area contributed by atoms with E-state index in [0.717, 1.165) is 38.5 Å². The topological polar surface area (TPSA) is 53.6 Å². The molecule has 0 spiro atoms. The molecule has 5 nitrogen and oxygen atoms in total. The van der Waals surface area contributed by atoms with Gasteiger partial charge in [-0.25, -0.2) is 0 Å². The molecule has 1 amide bonds. The zero-order chi connectivity index (χ0) is 14.4. The van der Waals surface area contributed by atoms with Gasteiger partial charge in [-0.1, -0.05) is 12.1 Å². The lowest BCUT2D eigenvalue weighted by molar-refractivity contribution is -0.117. The minimum atomic E-state index is -0.192. The maximum Gasteiger partial charge on any atom is 0.241 e. The average Bonchev–Trinajstić information content (AvgIpc) is 2.49. The number of anilines is 1. The van der Waals surface area contributed by atoms with Crippen LogP contribution < -0.4 is 10.6 Å². The third kappa shape index (κ3) is 4.30. The number of hydrogen-bond acceptors (Lipinski definition) is 4. The summed E-state index contributed by atoms with van der Waals surface area (Å²) in [6, 6.07) is 7.85. The first-order valence-corrected chi connectivity index (χ1v) is 7.06. The Labute approximate surface area is 120 Å². The number of morpholine rings is 1. The van der Waals surface area contributed by atoms with Crippen molar-refractivity contribution in [2.75, 3.05) is 38.7 Å². The lowest BCUT2D eigenvalue weighted by atomic mass is 10.2. The first-order chi connectivity index (χ1) is 9.69. The Balaban J connectivity index is 1.87. The summed E-state index contributed by atoms with van der Waals surface area (Å²) in [7, 11) is 1.77. The number of carbonyl (C=O) groups is 1. The second-order valence-electron chi connectivity index (χ2n) is 5.09. The number of nitrogens with one attached hydrogen (secondary N) is 2. The van der Waals surface area contributed by atoms with Gasteiger partial charge < -0.3 is 15.4 Å². The lowest BCUT2D eigenvalue weighted by Crippen LogP contribution is -2.36. The summed E-state index contributed by atoms with van der Waals surface area (Å²) < 4.78 is 5.34. The van der Waals surface area contributed by atoms with E-state index in [0.29, 0.717) is 0 Å². The monoisotopic (exact) mass is 277 g/mol. The first-order valence-electron chi connectivity index (χ1n) is 7.06. The molecule has 0 radical (unpaired) electrons. The molecule has 1 atom stereocenters. The Bertz CT molecular complexity index is 427. The molecular formula is C15H23N3O2. The van der Waals surface area contributed by atoms with E-state index in [1.165, 1.54) is 5.56 Å². The summed E-state index contributed by atoms with van der Waals surface area (Å²) in [5, 5.41) is 5.81. The van der Waals surface area contributed by atoms with Crippen LogP contribution in [0.2, 0.25) is 0 Å². The normalized spacial score (nSPS) is 17.7. The van der Waals surface area contributed by atoms with Crippen molar-refractivity contribution in [2.45, 2.75) is 19.5 Å². The van der Waals surface area contributed by atoms with E-state index in [1.54, 1.807) is 7.05 Å². The van der Waals surface area contributed by atoms with E-state index in [-0.39, 0.29) is 11.9 Å². The molecule has 1 aliphatic heterocycles. The number of nitrogens with zero attached hydrogens (tertiary/aromatic N) is 1. The number of rotatable bonds is 5. The van der Waals surface area contributed by atoms with Crippen molar-refractivity contribution in [3.8, 4) is 0 Å². The molecule has 1 unspecified atom stereocenters. The van der Waals surface area contributed by atoms with Gasteiger partial charge in [-0.05, 0) is 31.7 Å². The molecule has 1 fully saturated rings. The summed E-state index contributed by atoms with van der Waals surface area (Å²) in [5.41, 5.74) is 2.09. The van der Waals surface area contributed by atoms with E-state index in [4.69, 9.17) is 4.74 Å². The zero-order valence-electron chi connectivity index (χ0n) is 12.2. The molecule has 0 aromatic heterocycles. The number of hydrogen-bond donors (Lipinski definition) is 2. The van der Waals surface area contributed by atoms with Crippen LogP contribution in [0.4, 0.5) is 5.69 Å². The average molecular weight is 277 g/mol. The van der Waals surface area contributed by atoms with Gasteiger partial charge in [0.15, 0.2) is 0 Å². The van der Waals surface area contributed by atoms with E-state index in [1.807, 2.05) is 19.1 Å². The predicted molar refractivity (Wildman–Crippen MR) is 79.7 cm³/mol. The lowest BCUT2D eigenvalue weighted by Gasteiger charge is -2.26. The highest BCUT2D eigenvalue weighted by molar-refractivity contribution is 5.94. The number of amides is 1. The van der Waals surface area contributed by atoms with E-state index in [9.17, 15) is 4.79 Å². The van der Waals surface area contributed by atoms with E-state index >= 15 is 0 Å². The SMILES string of the molecule is CNC(C)C(=O)Nc1ccc(CN2CCOCC2)cc1. The number of likely N-dealkylation sites (N-methyl/N-ethyl adjacent to an activating group) is 1. The van der Waals surface area contributed by atoms with Crippen LogP contribution in [0.25, 0.3) is 0 Å². The van der Waals surface area contributed by atoms with Gasteiger partial charge in [0.2, 0.25) is 5.91 Å². The predicted octanol–water partition coefficient (Wildman–Crippen LogP) is 1.07. The maximum absolute atomic E-state index is 11.7. The highest BCUT2D eigenvalue weighted by atomic mass is 16.5. The molecule has 2 N–H and O–H groups in total. The number of carbonyl (C=O) groups excluding carboxylic acids is 1. The van der Waals surface area contributed by atoms with Gasteiger partial charge in [0.05, 0.1) is 19.3 Å². The molecule has 1 aliphatic rings. The molecule has 20 heavy (non-hydrogen) atoms. The van der Waals surface area contributed by atoms with Crippen molar-refractivity contribution in [1.82, 2.24) is 10.2 Å². The Kier molecular flexibility index (Phi) is 5.52. The van der Waals surface area contributed by atoms with Crippen molar-refractivity contribution in [2.24, 2.45) is 0 Å². The van der Waals surface area contributed by atoms with Gasteiger partial charge in [0.1, 0.15) is 0 Å². The van der Waals surface area contributed by atoms with E-state index < -0.39 is 0 Å². The number of ether oxygens (including phenoxy) is 1. The highest BCUT2D eigenvalue weighted by Crippen LogP contribution is 2.12. The first kappa shape index (κ1) is 15.0. The molecule has 0 aliphatic carbocycles. The van der Waals surface area contributed by atoms with Crippen LogP contribution in [-0.4, -0.2) is 50.2 Å². The Morgan fingerprint density at radius 1 is 1.30 bits per heavy atom. The fraction of sp³-hybridized carbons (Fsp3) is 0.533. The molecule has 1 aromatic rings. The molecule has 110 valence electrons. The molecule has 2 rings (SSSR count). The summed E-state index contributed by atoms with van der Waals surface area (Å²) in [5.74, 6) is -0.0200. The Morgan fingerprint density at radius 3 is 2.55 bits per heavy atom. The largest absolute Gasteiger partial charge is 0.379 e. The van der Waals surface area contributed by atoms with Crippen molar-refractivity contribution < 1.29 is 9.53 Å². The Hall–Kier alpha value is -1.43. The molecule has 5 heteroatoms. The molecule has 0 saturated carbocycles. The fourth-order valence-electron chi connectivity index (χ4n) is 2.09. The van der Waals surface area contributed by atoms with Crippen molar-refractivity contribution in [3.63, 3.8) is 0 Å². The summed E-state index contributed by atoms with van der Waals surface area (Å²) >= 11 is 0. The molecule has 1 heterocycles. The second-order valence-corrected chi connectivity index (χ2v) is 5.09. The number of benzene rings is 1. The maximum atomic E-state index is 11.7. The third-order valence-corrected chi connectivity index (χ3v) is 3.56. The van der Waals surface area contributed by atoms with Crippen molar-refractivity contribution in [3.05, 3.63) is 29.8 Å². The van der Waals surface area contributed by atoms with Crippen LogP contribution in [0.3, 0.4) is 0 Å². The molecule has 1 aromatic carbocycles. The molecular weight excluding hydrogens is 254 g/mol. The fourth-order valence-corrected chi connectivity index (χ4v) is 2.09. The van der Waals surface area contributed by atoms with Crippen LogP contribution >= 0.6 is 0 Å². The van der Waals surface area contributed by atoms with Crippen LogP contribution in [0.5, 0.6) is 0 Å². The molecule has 0 bridgehead atoms. The standard InChI is InChI=1S/C15H23N3O2/c1-12(16-2)15(19)17-14-5-3-13(4-6-14)11-18-7-9-20-10-8-18/h3-6,12,16H,7-11H2,1-2H3,(H,17,19). The van der Waals surface area contributed by atoms with Gasteiger partial charge in [0.25, 0.3) is 0 Å². The minimum absolute atomic E-state index is 0.0200. The van der Waals surface area contributed by atoms with Gasteiger partial charge in [-0.3, -0.25) is 9.69 Å². The summed E-state index contributed by atoms with van der Waals surface area (Å²) in [4.78, 5) is 14.1. The third-order valence-electron chi connectivity index (χ3n) is 3.56. The van der Waals surface area contributed by atoms with Crippen LogP contribution in [0.1, 0.15) is 12.5 Å². The van der Waals surface area contributed by atoms with Crippen LogP contribution in [0.15, 0.2) is 24.3 Å². The Morgan fingerprint density at radius 2 is 1.95 bits per heavy atom. The van der Waals surface area contributed by atoms with Gasteiger partial charge in [-0.2, -0.15) is 0 Å². The van der Waals surface area contributed by atoms with Crippen molar-refractivity contribution in [1.29, 1.82) is 0 Å². The van der Waals surface area contributed by atoms with Crippen molar-refractivity contribution >= 4 is 11.6 Å². The smallest absolute Gasteiger partial charge is 0.241 e. The second kappa shape index (κ2) is 7.38. The zero-order valence-corrected chi connectivity index (χ0v) is 12.2. The van der Waals surface area contributed by atoms with Gasteiger partial charge >= 0.3 is 0 Å². The summed E-state index contributed by atoms with van der Waals surface area (Å²) in [6.07, 6.45) is 0. The van der Waals surface area contributed by atoms with Crippen LogP contribution in [-0.2, 0) is 16.1 Å². The minimum Gasteiger partial charge on any atom is -0.379 e. The summed E-state index contributed by atoms with van der Waals surface area (Å²) in [6.45, 7) is 6.37. The molecule has 1 saturated heterocycles. The van der Waals surface area contributed by atoms with Crippen LogP contribution in [0, 0.1) is 0 Å². The van der Waals surface area contributed by atoms with Gasteiger partial charge in [0, 0.05) is 25.3 Å². The van der Waals surface area contributed by atoms with E-state index in [2.05, 4.69) is 27.7 Å².